The predicted molar refractivity (Wildman–Crippen MR) is 78.3 cm³/mol. The van der Waals surface area contributed by atoms with E-state index in [2.05, 4.69) is 50.1 Å². The van der Waals surface area contributed by atoms with E-state index in [0.717, 1.165) is 18.1 Å². The summed E-state index contributed by atoms with van der Waals surface area (Å²) in [6, 6.07) is 11.2. The van der Waals surface area contributed by atoms with E-state index in [4.69, 9.17) is 0 Å². The summed E-state index contributed by atoms with van der Waals surface area (Å²) < 4.78 is 3.89. The van der Waals surface area contributed by atoms with Crippen LogP contribution in [0, 0.1) is 0 Å². The molecule has 1 aliphatic heterocycles. The standard InChI is InChI=1S/C14H18N4S/c1-2-5-12(6-3-1)10-18-8-4-7-13(11-18)16-14-9-15-17-19-14/h1-3,5-6,9,13,16H,4,7-8,10-11H2. The number of anilines is 1. The van der Waals surface area contributed by atoms with E-state index in [1.165, 1.54) is 36.5 Å². The number of aromatic nitrogens is 2. The highest BCUT2D eigenvalue weighted by atomic mass is 32.1. The van der Waals surface area contributed by atoms with Gasteiger partial charge in [0.05, 0.1) is 6.20 Å². The quantitative estimate of drug-likeness (QED) is 0.930. The van der Waals surface area contributed by atoms with E-state index in [1.54, 1.807) is 6.20 Å². The van der Waals surface area contributed by atoms with Crippen molar-refractivity contribution in [1.82, 2.24) is 14.5 Å². The van der Waals surface area contributed by atoms with Crippen molar-refractivity contribution in [3.63, 3.8) is 0 Å². The van der Waals surface area contributed by atoms with Crippen LogP contribution >= 0.6 is 11.5 Å². The molecule has 1 N–H and O–H groups in total. The number of nitrogens with zero attached hydrogens (tertiary/aromatic N) is 3. The van der Waals surface area contributed by atoms with Gasteiger partial charge in [-0.1, -0.05) is 34.8 Å². The van der Waals surface area contributed by atoms with Crippen molar-refractivity contribution in [2.24, 2.45) is 0 Å². The van der Waals surface area contributed by atoms with Crippen LogP contribution in [0.25, 0.3) is 0 Å². The maximum Gasteiger partial charge on any atom is 0.130 e. The average molecular weight is 274 g/mol. The van der Waals surface area contributed by atoms with Crippen molar-refractivity contribution in [3.05, 3.63) is 42.1 Å². The molecule has 1 atom stereocenters. The molecule has 0 amide bonds. The minimum atomic E-state index is 0.514. The summed E-state index contributed by atoms with van der Waals surface area (Å²) in [4.78, 5) is 2.52. The van der Waals surface area contributed by atoms with Crippen LogP contribution in [0.2, 0.25) is 0 Å². The van der Waals surface area contributed by atoms with Crippen LogP contribution in [-0.2, 0) is 6.54 Å². The molecule has 0 spiro atoms. The summed E-state index contributed by atoms with van der Waals surface area (Å²) in [7, 11) is 0. The second-order valence-corrected chi connectivity index (χ2v) is 5.77. The van der Waals surface area contributed by atoms with E-state index in [-0.39, 0.29) is 0 Å². The molecule has 1 fully saturated rings. The SMILES string of the molecule is c1ccc(CN2CCCC(Nc3cnns3)C2)cc1. The van der Waals surface area contributed by atoms with Crippen LogP contribution in [-0.4, -0.2) is 33.6 Å². The van der Waals surface area contributed by atoms with Crippen molar-refractivity contribution >= 4 is 16.5 Å². The van der Waals surface area contributed by atoms with Gasteiger partial charge in [-0.05, 0) is 24.9 Å². The molecule has 1 aromatic carbocycles. The summed E-state index contributed by atoms with van der Waals surface area (Å²) >= 11 is 1.43. The van der Waals surface area contributed by atoms with Crippen LogP contribution in [0.1, 0.15) is 18.4 Å². The van der Waals surface area contributed by atoms with Gasteiger partial charge in [-0.25, -0.2) is 0 Å². The molecule has 1 unspecified atom stereocenters. The van der Waals surface area contributed by atoms with Crippen molar-refractivity contribution in [1.29, 1.82) is 0 Å². The maximum atomic E-state index is 3.89. The van der Waals surface area contributed by atoms with E-state index < -0.39 is 0 Å². The molecule has 3 rings (SSSR count). The first-order valence-electron chi connectivity index (χ1n) is 6.70. The Bertz CT molecular complexity index is 485. The summed E-state index contributed by atoms with van der Waals surface area (Å²) in [6.45, 7) is 3.32. The minimum Gasteiger partial charge on any atom is -0.370 e. The zero-order valence-electron chi connectivity index (χ0n) is 10.8. The van der Waals surface area contributed by atoms with Crippen molar-refractivity contribution in [2.75, 3.05) is 18.4 Å². The molecule has 0 saturated carbocycles. The Labute approximate surface area is 117 Å². The van der Waals surface area contributed by atoms with Gasteiger partial charge in [0, 0.05) is 30.7 Å². The van der Waals surface area contributed by atoms with Gasteiger partial charge in [-0.2, -0.15) is 0 Å². The second kappa shape index (κ2) is 6.12. The average Bonchev–Trinajstić information content (AvgIpc) is 2.93. The van der Waals surface area contributed by atoms with E-state index in [0.29, 0.717) is 6.04 Å². The van der Waals surface area contributed by atoms with Gasteiger partial charge < -0.3 is 5.32 Å². The van der Waals surface area contributed by atoms with E-state index in [1.807, 2.05) is 0 Å². The topological polar surface area (TPSA) is 41.0 Å². The highest BCUT2D eigenvalue weighted by Gasteiger charge is 2.20. The lowest BCUT2D eigenvalue weighted by atomic mass is 10.0. The van der Waals surface area contributed by atoms with Gasteiger partial charge in [0.25, 0.3) is 0 Å². The Kier molecular flexibility index (Phi) is 4.05. The van der Waals surface area contributed by atoms with E-state index >= 15 is 0 Å². The third-order valence-corrected chi connectivity index (χ3v) is 4.06. The van der Waals surface area contributed by atoms with Crippen molar-refractivity contribution in [3.8, 4) is 0 Å². The fraction of sp³-hybridized carbons (Fsp3) is 0.429. The van der Waals surface area contributed by atoms with Gasteiger partial charge in [-0.15, -0.1) is 5.10 Å². The lowest BCUT2D eigenvalue weighted by Crippen LogP contribution is -2.41. The smallest absolute Gasteiger partial charge is 0.130 e. The number of nitrogens with one attached hydrogen (secondary N) is 1. The molecule has 0 aliphatic carbocycles. The molecule has 1 aromatic heterocycles. The third-order valence-electron chi connectivity index (χ3n) is 3.46. The Balaban J connectivity index is 1.56. The predicted octanol–water partition coefficient (Wildman–Crippen LogP) is 2.61. The molecule has 1 aliphatic rings. The molecular formula is C14H18N4S. The molecule has 5 heteroatoms. The Morgan fingerprint density at radius 3 is 3.00 bits per heavy atom. The highest BCUT2D eigenvalue weighted by molar-refractivity contribution is 7.09. The summed E-state index contributed by atoms with van der Waals surface area (Å²) in [6.07, 6.45) is 4.28. The number of likely N-dealkylation sites (tertiary alicyclic amines) is 1. The molecule has 19 heavy (non-hydrogen) atoms. The van der Waals surface area contributed by atoms with Gasteiger partial charge in [0.2, 0.25) is 0 Å². The van der Waals surface area contributed by atoms with Gasteiger partial charge in [-0.3, -0.25) is 4.90 Å². The van der Waals surface area contributed by atoms with Crippen LogP contribution in [0.5, 0.6) is 0 Å². The molecule has 2 aromatic rings. The summed E-state index contributed by atoms with van der Waals surface area (Å²) in [5, 5.41) is 8.47. The molecule has 4 nitrogen and oxygen atoms in total. The maximum absolute atomic E-state index is 3.89. The number of hydrogen-bond donors (Lipinski definition) is 1. The number of hydrogen-bond acceptors (Lipinski definition) is 5. The number of rotatable bonds is 4. The first-order chi connectivity index (χ1) is 9.40. The number of piperidine rings is 1. The second-order valence-electron chi connectivity index (χ2n) is 4.99. The summed E-state index contributed by atoms with van der Waals surface area (Å²) in [5.74, 6) is 0. The Morgan fingerprint density at radius 1 is 1.32 bits per heavy atom. The molecular weight excluding hydrogens is 256 g/mol. The minimum absolute atomic E-state index is 0.514. The first-order valence-corrected chi connectivity index (χ1v) is 7.48. The fourth-order valence-corrected chi connectivity index (χ4v) is 3.09. The van der Waals surface area contributed by atoms with Gasteiger partial charge in [0.15, 0.2) is 0 Å². The zero-order valence-corrected chi connectivity index (χ0v) is 11.6. The third kappa shape index (κ3) is 3.52. The van der Waals surface area contributed by atoms with Gasteiger partial charge in [0.1, 0.15) is 5.00 Å². The molecule has 1 saturated heterocycles. The van der Waals surface area contributed by atoms with E-state index in [9.17, 15) is 0 Å². The summed E-state index contributed by atoms with van der Waals surface area (Å²) in [5.41, 5.74) is 1.39. The number of benzene rings is 1. The largest absolute Gasteiger partial charge is 0.370 e. The Hall–Kier alpha value is -1.46. The zero-order chi connectivity index (χ0) is 12.9. The lowest BCUT2D eigenvalue weighted by Gasteiger charge is -2.33. The van der Waals surface area contributed by atoms with Crippen LogP contribution in [0.15, 0.2) is 36.5 Å². The first kappa shape index (κ1) is 12.6. The van der Waals surface area contributed by atoms with Crippen LogP contribution < -0.4 is 5.32 Å². The van der Waals surface area contributed by atoms with Crippen molar-refractivity contribution in [2.45, 2.75) is 25.4 Å². The fourth-order valence-electron chi connectivity index (χ4n) is 2.59. The monoisotopic (exact) mass is 274 g/mol. The van der Waals surface area contributed by atoms with Gasteiger partial charge >= 0.3 is 0 Å². The lowest BCUT2D eigenvalue weighted by molar-refractivity contribution is 0.208. The van der Waals surface area contributed by atoms with Crippen molar-refractivity contribution < 1.29 is 0 Å². The normalized spacial score (nSPS) is 20.3. The van der Waals surface area contributed by atoms with Crippen LogP contribution in [0.3, 0.4) is 0 Å². The highest BCUT2D eigenvalue weighted by Crippen LogP contribution is 2.19. The Morgan fingerprint density at radius 2 is 2.21 bits per heavy atom. The molecule has 0 radical (unpaired) electrons. The molecule has 0 bridgehead atoms. The molecule has 2 heterocycles. The molecule has 100 valence electrons. The van der Waals surface area contributed by atoms with Crippen LogP contribution in [0.4, 0.5) is 5.00 Å².